The lowest BCUT2D eigenvalue weighted by Crippen LogP contribution is -2.17. The van der Waals surface area contributed by atoms with Crippen molar-refractivity contribution in [1.29, 1.82) is 0 Å². The Kier molecular flexibility index (Phi) is 4.22. The Morgan fingerprint density at radius 3 is 2.75 bits per heavy atom. The molecule has 0 unspecified atom stereocenters. The maximum atomic E-state index is 4.72. The molecule has 1 atom stereocenters. The zero-order valence-corrected chi connectivity index (χ0v) is 11.3. The highest BCUT2D eigenvalue weighted by Crippen LogP contribution is 2.37. The van der Waals surface area contributed by atoms with E-state index in [1.165, 1.54) is 41.8 Å². The average Bonchev–Trinajstić information content (AvgIpc) is 2.60. The van der Waals surface area contributed by atoms with E-state index in [1.807, 2.05) is 0 Å². The third-order valence-electron chi connectivity index (χ3n) is 3.71. The van der Waals surface area contributed by atoms with Gasteiger partial charge < -0.3 is 5.32 Å². The summed E-state index contributed by atoms with van der Waals surface area (Å²) >= 11 is 0. The van der Waals surface area contributed by atoms with Gasteiger partial charge in [0.15, 0.2) is 0 Å². The lowest BCUT2D eigenvalue weighted by Gasteiger charge is -2.21. The summed E-state index contributed by atoms with van der Waals surface area (Å²) in [5, 5.41) is 3.59. The molecule has 0 saturated heterocycles. The molecule has 0 aromatic carbocycles. The van der Waals surface area contributed by atoms with Crippen LogP contribution < -0.4 is 5.32 Å². The molecule has 1 aromatic heterocycles. The molecule has 3 rings (SSSR count). The summed E-state index contributed by atoms with van der Waals surface area (Å²) in [6, 6.07) is 0.612. The lowest BCUT2D eigenvalue weighted by atomic mass is 9.89. The van der Waals surface area contributed by atoms with Crippen LogP contribution in [0.2, 0.25) is 0 Å². The molecule has 1 aliphatic carbocycles. The smallest absolute Gasteiger partial charge is 0.0458 e. The highest BCUT2D eigenvalue weighted by Gasteiger charge is 2.30. The van der Waals surface area contributed by atoms with Gasteiger partial charge in [0.25, 0.3) is 0 Å². The molecule has 0 radical (unpaired) electrons. The second-order valence-electron chi connectivity index (χ2n) is 4.49. The summed E-state index contributed by atoms with van der Waals surface area (Å²) in [5.74, 6) is 0. The van der Waals surface area contributed by atoms with Gasteiger partial charge in [0.2, 0.25) is 0 Å². The predicted octanol–water partition coefficient (Wildman–Crippen LogP) is 3.02. The maximum absolute atomic E-state index is 4.72. The number of aryl methyl sites for hydroxylation is 2. The highest BCUT2D eigenvalue weighted by molar-refractivity contribution is 5.85. The molecule has 16 heavy (non-hydrogen) atoms. The van der Waals surface area contributed by atoms with Crippen LogP contribution in [-0.2, 0) is 13.0 Å². The molecule has 0 fully saturated rings. The minimum Gasteiger partial charge on any atom is -0.306 e. The summed E-state index contributed by atoms with van der Waals surface area (Å²) < 4.78 is 0. The van der Waals surface area contributed by atoms with Crippen molar-refractivity contribution in [3.63, 3.8) is 0 Å². The Balaban J connectivity index is 0.000000640. The monoisotopic (exact) mass is 260 g/mol. The third-order valence-corrected chi connectivity index (χ3v) is 3.71. The van der Waals surface area contributed by atoms with Crippen molar-refractivity contribution < 1.29 is 0 Å². The van der Waals surface area contributed by atoms with E-state index in [9.17, 15) is 0 Å². The number of pyridine rings is 1. The van der Waals surface area contributed by atoms with Gasteiger partial charge >= 0.3 is 0 Å². The van der Waals surface area contributed by atoms with Crippen LogP contribution in [0.3, 0.4) is 0 Å². The van der Waals surface area contributed by atoms with Gasteiger partial charge in [0.05, 0.1) is 0 Å². The molecule has 4 heteroatoms. The van der Waals surface area contributed by atoms with Crippen LogP contribution in [0.4, 0.5) is 0 Å². The van der Waals surface area contributed by atoms with Crippen LogP contribution in [0.15, 0.2) is 0 Å². The topological polar surface area (TPSA) is 24.9 Å². The van der Waals surface area contributed by atoms with E-state index in [4.69, 9.17) is 4.98 Å². The van der Waals surface area contributed by atoms with Gasteiger partial charge in [-0.15, -0.1) is 24.8 Å². The van der Waals surface area contributed by atoms with Crippen LogP contribution in [0.1, 0.15) is 47.0 Å². The van der Waals surface area contributed by atoms with Crippen molar-refractivity contribution in [2.24, 2.45) is 0 Å². The fourth-order valence-corrected chi connectivity index (χ4v) is 2.82. The van der Waals surface area contributed by atoms with Crippen molar-refractivity contribution in [3.05, 3.63) is 28.1 Å². The number of hydrogen-bond acceptors (Lipinski definition) is 2. The fourth-order valence-electron chi connectivity index (χ4n) is 2.82. The molecule has 1 N–H and O–H groups in total. The quantitative estimate of drug-likeness (QED) is 0.776. The first-order valence-corrected chi connectivity index (χ1v) is 5.49. The van der Waals surface area contributed by atoms with Gasteiger partial charge in [0, 0.05) is 24.0 Å². The molecule has 0 bridgehead atoms. The molecule has 1 aliphatic heterocycles. The number of aromatic nitrogens is 1. The molecular formula is C12H18Cl2N2. The van der Waals surface area contributed by atoms with Crippen LogP contribution in [0.25, 0.3) is 0 Å². The number of nitrogens with one attached hydrogen (secondary N) is 1. The van der Waals surface area contributed by atoms with Crippen molar-refractivity contribution in [2.75, 3.05) is 0 Å². The fraction of sp³-hybridized carbons (Fsp3) is 0.583. The van der Waals surface area contributed by atoms with E-state index in [1.54, 1.807) is 5.56 Å². The largest absolute Gasteiger partial charge is 0.306 e. The standard InChI is InChI=1S/C12H16N2.2ClH/c1-7-8(2)14-11-5-3-4-10-12(11)9(7)6-13-10;;/h10,13H,3-6H2,1-2H3;2*1H/t10-;;/m0../s1. The van der Waals surface area contributed by atoms with Crippen LogP contribution in [0, 0.1) is 13.8 Å². The minimum absolute atomic E-state index is 0. The SMILES string of the molecule is Cc1nc2c3c(c1C)CN[C@H]3CCC2.Cl.Cl. The lowest BCUT2D eigenvalue weighted by molar-refractivity contribution is 0.493. The molecule has 1 aromatic rings. The average molecular weight is 261 g/mol. The summed E-state index contributed by atoms with van der Waals surface area (Å²) in [5.41, 5.74) is 7.07. The van der Waals surface area contributed by atoms with Gasteiger partial charge in [-0.25, -0.2) is 0 Å². The first-order chi connectivity index (χ1) is 6.77. The van der Waals surface area contributed by atoms with Crippen molar-refractivity contribution >= 4 is 24.8 Å². The van der Waals surface area contributed by atoms with Crippen molar-refractivity contribution in [2.45, 2.75) is 45.7 Å². The Bertz CT molecular complexity index is 404. The van der Waals surface area contributed by atoms with Gasteiger partial charge in [0.1, 0.15) is 0 Å². The molecular weight excluding hydrogens is 243 g/mol. The normalized spacial score (nSPS) is 20.8. The predicted molar refractivity (Wildman–Crippen MR) is 70.7 cm³/mol. The number of halogens is 2. The first-order valence-electron chi connectivity index (χ1n) is 5.49. The molecule has 90 valence electrons. The molecule has 0 amide bonds. The number of rotatable bonds is 0. The van der Waals surface area contributed by atoms with Crippen LogP contribution in [-0.4, -0.2) is 4.98 Å². The zero-order chi connectivity index (χ0) is 9.71. The summed E-state index contributed by atoms with van der Waals surface area (Å²) in [6.45, 7) is 5.40. The molecule has 0 spiro atoms. The molecule has 0 saturated carbocycles. The maximum Gasteiger partial charge on any atom is 0.0458 e. The summed E-state index contributed by atoms with van der Waals surface area (Å²) in [4.78, 5) is 4.72. The van der Waals surface area contributed by atoms with Gasteiger partial charge in [-0.2, -0.15) is 0 Å². The van der Waals surface area contributed by atoms with Crippen molar-refractivity contribution in [3.8, 4) is 0 Å². The van der Waals surface area contributed by atoms with E-state index in [0.717, 1.165) is 6.54 Å². The summed E-state index contributed by atoms with van der Waals surface area (Å²) in [7, 11) is 0. The van der Waals surface area contributed by atoms with Gasteiger partial charge in [-0.3, -0.25) is 4.98 Å². The second kappa shape index (κ2) is 4.91. The second-order valence-corrected chi connectivity index (χ2v) is 4.49. The third kappa shape index (κ3) is 1.83. The highest BCUT2D eigenvalue weighted by atomic mass is 35.5. The molecule has 2 aliphatic rings. The van der Waals surface area contributed by atoms with Crippen LogP contribution >= 0.6 is 24.8 Å². The van der Waals surface area contributed by atoms with Gasteiger partial charge in [-0.1, -0.05) is 0 Å². The van der Waals surface area contributed by atoms with Crippen molar-refractivity contribution in [1.82, 2.24) is 10.3 Å². The molecule has 2 heterocycles. The Hall–Kier alpha value is -0.310. The van der Waals surface area contributed by atoms with Crippen LogP contribution in [0.5, 0.6) is 0 Å². The Morgan fingerprint density at radius 1 is 1.25 bits per heavy atom. The minimum atomic E-state index is 0. The van der Waals surface area contributed by atoms with E-state index < -0.39 is 0 Å². The number of hydrogen-bond donors (Lipinski definition) is 1. The van der Waals surface area contributed by atoms with E-state index in [0.29, 0.717) is 6.04 Å². The Labute approximate surface area is 109 Å². The zero-order valence-electron chi connectivity index (χ0n) is 9.67. The van der Waals surface area contributed by atoms with E-state index in [2.05, 4.69) is 19.2 Å². The van der Waals surface area contributed by atoms with E-state index in [-0.39, 0.29) is 24.8 Å². The molecule has 2 nitrogen and oxygen atoms in total. The first kappa shape index (κ1) is 13.8. The Morgan fingerprint density at radius 2 is 2.00 bits per heavy atom. The summed E-state index contributed by atoms with van der Waals surface area (Å²) in [6.07, 6.45) is 3.77. The van der Waals surface area contributed by atoms with Gasteiger partial charge in [-0.05, 0) is 49.8 Å². The number of nitrogens with zero attached hydrogens (tertiary/aromatic N) is 1. The van der Waals surface area contributed by atoms with E-state index >= 15 is 0 Å².